The smallest absolute Gasteiger partial charge is 0.129 e. The van der Waals surface area contributed by atoms with Crippen LogP contribution < -0.4 is 0 Å². The predicted octanol–water partition coefficient (Wildman–Crippen LogP) is 3.10. The first-order valence-corrected chi connectivity index (χ1v) is 8.94. The maximum atomic E-state index is 4.25. The van der Waals surface area contributed by atoms with Crippen LogP contribution in [0.4, 0.5) is 0 Å². The third kappa shape index (κ3) is 2.34. The van der Waals surface area contributed by atoms with Crippen LogP contribution in [0.25, 0.3) is 10.9 Å². The van der Waals surface area contributed by atoms with Gasteiger partial charge in [-0.2, -0.15) is 5.10 Å². The molecule has 16 heavy (non-hydrogen) atoms. The molecule has 0 unspecified atom stereocenters. The van der Waals surface area contributed by atoms with Gasteiger partial charge in [0.05, 0.1) is 5.52 Å². The van der Waals surface area contributed by atoms with Gasteiger partial charge >= 0.3 is 0 Å². The summed E-state index contributed by atoms with van der Waals surface area (Å²) in [7, 11) is -1.32. The first-order chi connectivity index (χ1) is 7.46. The highest BCUT2D eigenvalue weighted by molar-refractivity contribution is 6.83. The number of nitrogens with zero attached hydrogens (tertiary/aromatic N) is 1. The molecule has 0 bridgehead atoms. The van der Waals surface area contributed by atoms with E-state index in [0.29, 0.717) is 0 Å². The molecule has 3 heteroatoms. The summed E-state index contributed by atoms with van der Waals surface area (Å²) in [6.45, 7) is 8.81. The number of aryl methyl sites for hydroxylation is 1. The van der Waals surface area contributed by atoms with E-state index in [9.17, 15) is 0 Å². The lowest BCUT2D eigenvalue weighted by molar-refractivity contribution is 1.10. The highest BCUT2D eigenvalue weighted by Crippen LogP contribution is 2.16. The van der Waals surface area contributed by atoms with Crippen LogP contribution >= 0.6 is 0 Å². The summed E-state index contributed by atoms with van der Waals surface area (Å²) in [6, 6.07) is 6.23. The van der Waals surface area contributed by atoms with Crippen LogP contribution in [0, 0.1) is 18.4 Å². The van der Waals surface area contributed by atoms with Crippen LogP contribution in [-0.2, 0) is 0 Å². The van der Waals surface area contributed by atoms with Gasteiger partial charge in [-0.3, -0.25) is 5.10 Å². The molecule has 0 fully saturated rings. The predicted molar refractivity (Wildman–Crippen MR) is 71.1 cm³/mol. The second-order valence-corrected chi connectivity index (χ2v) is 9.87. The Hall–Kier alpha value is -1.53. The molecule has 0 atom stereocenters. The molecule has 0 aliphatic carbocycles. The Kier molecular flexibility index (Phi) is 2.61. The van der Waals surface area contributed by atoms with Gasteiger partial charge in [0.1, 0.15) is 13.8 Å². The molecule has 0 saturated carbocycles. The summed E-state index contributed by atoms with van der Waals surface area (Å²) in [5.74, 6) is 3.23. The monoisotopic (exact) mass is 228 g/mol. The van der Waals surface area contributed by atoms with Crippen molar-refractivity contribution >= 4 is 19.0 Å². The SMILES string of the molecule is Cc1ccc2n[nH]c(C#C[Si](C)(C)C)c2c1. The van der Waals surface area contributed by atoms with Gasteiger partial charge in [-0.1, -0.05) is 37.2 Å². The maximum absolute atomic E-state index is 4.25. The Balaban J connectivity index is 2.52. The minimum Gasteiger partial charge on any atom is -0.269 e. The molecule has 0 radical (unpaired) electrons. The summed E-state index contributed by atoms with van der Waals surface area (Å²) in [5.41, 5.74) is 6.53. The number of hydrogen-bond donors (Lipinski definition) is 1. The average molecular weight is 228 g/mol. The van der Waals surface area contributed by atoms with Crippen molar-refractivity contribution in [1.29, 1.82) is 0 Å². The highest BCUT2D eigenvalue weighted by atomic mass is 28.3. The molecule has 0 saturated heterocycles. The van der Waals surface area contributed by atoms with Crippen molar-refractivity contribution < 1.29 is 0 Å². The van der Waals surface area contributed by atoms with E-state index in [4.69, 9.17) is 0 Å². The standard InChI is InChI=1S/C13H16N2Si/c1-10-5-6-12-11(9-10)13(15-14-12)7-8-16(2,3)4/h5-6,9H,1-4H3,(H,14,15). The molecule has 1 N–H and O–H groups in total. The van der Waals surface area contributed by atoms with Crippen molar-refractivity contribution in [3.05, 3.63) is 29.5 Å². The summed E-state index contributed by atoms with van der Waals surface area (Å²) < 4.78 is 0. The summed E-state index contributed by atoms with van der Waals surface area (Å²) in [4.78, 5) is 0. The van der Waals surface area contributed by atoms with Crippen molar-refractivity contribution in [1.82, 2.24) is 10.2 Å². The fraction of sp³-hybridized carbons (Fsp3) is 0.308. The molecule has 1 aromatic heterocycles. The number of aromatic nitrogens is 2. The van der Waals surface area contributed by atoms with E-state index >= 15 is 0 Å². The molecule has 0 spiro atoms. The molecule has 1 aromatic carbocycles. The Labute approximate surface area is 97.1 Å². The molecule has 2 rings (SSSR count). The lowest BCUT2D eigenvalue weighted by Crippen LogP contribution is -2.16. The van der Waals surface area contributed by atoms with Crippen molar-refractivity contribution in [2.24, 2.45) is 0 Å². The Bertz CT molecular complexity index is 579. The van der Waals surface area contributed by atoms with Crippen LogP contribution in [0.3, 0.4) is 0 Å². The van der Waals surface area contributed by atoms with Gasteiger partial charge in [0.15, 0.2) is 0 Å². The van der Waals surface area contributed by atoms with Crippen molar-refractivity contribution in [2.75, 3.05) is 0 Å². The Morgan fingerprint density at radius 3 is 2.69 bits per heavy atom. The van der Waals surface area contributed by atoms with Gasteiger partial charge < -0.3 is 0 Å². The van der Waals surface area contributed by atoms with Crippen LogP contribution in [0.15, 0.2) is 18.2 Å². The minimum absolute atomic E-state index is 0.945. The first kappa shape index (κ1) is 11.0. The molecule has 2 aromatic rings. The fourth-order valence-corrected chi connectivity index (χ4v) is 1.97. The van der Waals surface area contributed by atoms with E-state index in [0.717, 1.165) is 16.6 Å². The summed E-state index contributed by atoms with van der Waals surface area (Å²) >= 11 is 0. The number of rotatable bonds is 0. The summed E-state index contributed by atoms with van der Waals surface area (Å²) in [5, 5.41) is 8.39. The second kappa shape index (κ2) is 3.80. The minimum atomic E-state index is -1.32. The van der Waals surface area contributed by atoms with E-state index in [-0.39, 0.29) is 0 Å². The van der Waals surface area contributed by atoms with E-state index in [1.54, 1.807) is 0 Å². The lowest BCUT2D eigenvalue weighted by Gasteiger charge is -2.02. The zero-order chi connectivity index (χ0) is 11.8. The second-order valence-electron chi connectivity index (χ2n) is 5.12. The maximum Gasteiger partial charge on any atom is 0.129 e. The van der Waals surface area contributed by atoms with Gasteiger partial charge in [-0.15, -0.1) is 5.54 Å². The molecule has 82 valence electrons. The normalized spacial score (nSPS) is 11.2. The van der Waals surface area contributed by atoms with E-state index in [1.807, 2.05) is 6.07 Å². The zero-order valence-corrected chi connectivity index (χ0v) is 11.2. The number of nitrogens with one attached hydrogen (secondary N) is 1. The number of aromatic amines is 1. The topological polar surface area (TPSA) is 28.7 Å². The van der Waals surface area contributed by atoms with Crippen molar-refractivity contribution in [3.8, 4) is 11.5 Å². The third-order valence-corrected chi connectivity index (χ3v) is 3.15. The first-order valence-electron chi connectivity index (χ1n) is 5.44. The number of H-pyrrole nitrogens is 1. The quantitative estimate of drug-likeness (QED) is 0.545. The average Bonchev–Trinajstić information content (AvgIpc) is 2.56. The molecule has 2 nitrogen and oxygen atoms in total. The fourth-order valence-electron chi connectivity index (χ4n) is 1.47. The molecular formula is C13H16N2Si. The van der Waals surface area contributed by atoms with Gasteiger partial charge in [0.25, 0.3) is 0 Å². The number of fused-ring (bicyclic) bond motifs is 1. The van der Waals surface area contributed by atoms with E-state index in [2.05, 4.69) is 60.4 Å². The number of benzene rings is 1. The van der Waals surface area contributed by atoms with Gasteiger partial charge in [0.2, 0.25) is 0 Å². The largest absolute Gasteiger partial charge is 0.269 e. The third-order valence-electron chi connectivity index (χ3n) is 2.27. The van der Waals surface area contributed by atoms with Crippen LogP contribution in [-0.4, -0.2) is 18.3 Å². The number of hydrogen-bond acceptors (Lipinski definition) is 1. The Morgan fingerprint density at radius 1 is 1.25 bits per heavy atom. The van der Waals surface area contributed by atoms with Crippen molar-refractivity contribution in [2.45, 2.75) is 26.6 Å². The molecule has 0 aliphatic heterocycles. The molecular weight excluding hydrogens is 212 g/mol. The van der Waals surface area contributed by atoms with Gasteiger partial charge in [-0.25, -0.2) is 0 Å². The highest BCUT2D eigenvalue weighted by Gasteiger charge is 2.08. The summed E-state index contributed by atoms with van der Waals surface area (Å²) in [6.07, 6.45) is 0. The van der Waals surface area contributed by atoms with E-state index in [1.165, 1.54) is 5.56 Å². The van der Waals surface area contributed by atoms with Crippen LogP contribution in [0.2, 0.25) is 19.6 Å². The molecule has 1 heterocycles. The van der Waals surface area contributed by atoms with Crippen molar-refractivity contribution in [3.63, 3.8) is 0 Å². The van der Waals surface area contributed by atoms with Gasteiger partial charge in [-0.05, 0) is 19.1 Å². The molecule has 0 amide bonds. The van der Waals surface area contributed by atoms with Crippen LogP contribution in [0.1, 0.15) is 11.3 Å². The van der Waals surface area contributed by atoms with Gasteiger partial charge in [0, 0.05) is 5.39 Å². The molecule has 0 aliphatic rings. The van der Waals surface area contributed by atoms with Crippen LogP contribution in [0.5, 0.6) is 0 Å². The van der Waals surface area contributed by atoms with E-state index < -0.39 is 8.07 Å². The zero-order valence-electron chi connectivity index (χ0n) is 10.2. The Morgan fingerprint density at radius 2 is 2.00 bits per heavy atom. The lowest BCUT2D eigenvalue weighted by atomic mass is 10.1.